The zero-order valence-corrected chi connectivity index (χ0v) is 13.9. The Morgan fingerprint density at radius 3 is 2.88 bits per heavy atom. The van der Waals surface area contributed by atoms with Gasteiger partial charge in [-0.2, -0.15) is 0 Å². The molecule has 0 fully saturated rings. The summed E-state index contributed by atoms with van der Waals surface area (Å²) in [6, 6.07) is 9.21. The Hall–Kier alpha value is -3.19. The number of carbonyl (C=O) groups excluding carboxylic acids is 2. The molecule has 6 nitrogen and oxygen atoms in total. The minimum Gasteiger partial charge on any atom is -0.362 e. The summed E-state index contributed by atoms with van der Waals surface area (Å²) in [6.45, 7) is 0.432. The first-order valence-corrected chi connectivity index (χ1v) is 8.50. The molecule has 0 aromatic carbocycles. The Kier molecular flexibility index (Phi) is 3.91. The van der Waals surface area contributed by atoms with Crippen molar-refractivity contribution in [2.45, 2.75) is 6.54 Å². The maximum Gasteiger partial charge on any atom is 0.261 e. The van der Waals surface area contributed by atoms with Crippen LogP contribution in [-0.4, -0.2) is 21.8 Å². The fraction of sp³-hybridized carbons (Fsp3) is 0.0556. The molecule has 2 amide bonds. The van der Waals surface area contributed by atoms with E-state index in [-0.39, 0.29) is 11.8 Å². The van der Waals surface area contributed by atoms with Crippen LogP contribution in [0.3, 0.4) is 0 Å². The summed E-state index contributed by atoms with van der Waals surface area (Å²) in [5.74, 6) is -0.315. The largest absolute Gasteiger partial charge is 0.362 e. The number of nitrogens with one attached hydrogen (secondary N) is 3. The van der Waals surface area contributed by atoms with Crippen LogP contribution in [-0.2, 0) is 11.3 Å². The second-order valence-electron chi connectivity index (χ2n) is 5.53. The third kappa shape index (κ3) is 3.09. The van der Waals surface area contributed by atoms with Gasteiger partial charge in [0, 0.05) is 36.4 Å². The fourth-order valence-electron chi connectivity index (χ4n) is 2.59. The number of aromatic amines is 1. The second-order valence-corrected chi connectivity index (χ2v) is 6.58. The molecule has 1 aliphatic heterocycles. The molecule has 0 atom stereocenters. The molecule has 0 saturated carbocycles. The van der Waals surface area contributed by atoms with Gasteiger partial charge < -0.3 is 15.6 Å². The van der Waals surface area contributed by atoms with Gasteiger partial charge in [-0.25, -0.2) is 0 Å². The molecule has 7 heteroatoms. The normalized spacial score (nSPS) is 14.4. The van der Waals surface area contributed by atoms with Crippen molar-refractivity contribution in [2.75, 3.05) is 5.32 Å². The first kappa shape index (κ1) is 15.3. The monoisotopic (exact) mass is 350 g/mol. The summed E-state index contributed by atoms with van der Waals surface area (Å²) < 4.78 is 0. The molecule has 3 N–H and O–H groups in total. The van der Waals surface area contributed by atoms with Crippen LogP contribution in [0.2, 0.25) is 0 Å². The quantitative estimate of drug-likeness (QED) is 0.632. The first-order valence-electron chi connectivity index (χ1n) is 7.68. The van der Waals surface area contributed by atoms with Gasteiger partial charge in [-0.3, -0.25) is 14.6 Å². The minimum absolute atomic E-state index is 0.153. The van der Waals surface area contributed by atoms with Crippen molar-refractivity contribution in [3.8, 4) is 0 Å². The number of hydrogen-bond donors (Lipinski definition) is 3. The molecule has 4 heterocycles. The van der Waals surface area contributed by atoms with E-state index in [1.807, 2.05) is 24.3 Å². The van der Waals surface area contributed by atoms with Gasteiger partial charge in [0.05, 0.1) is 10.5 Å². The number of fused-ring (bicyclic) bond motifs is 1. The summed E-state index contributed by atoms with van der Waals surface area (Å²) in [4.78, 5) is 32.1. The van der Waals surface area contributed by atoms with Gasteiger partial charge in [0.25, 0.3) is 11.8 Å². The van der Waals surface area contributed by atoms with Crippen LogP contribution in [0.1, 0.15) is 26.5 Å². The molecule has 1 aliphatic rings. The molecule has 3 aromatic heterocycles. The lowest BCUT2D eigenvalue weighted by molar-refractivity contribution is -0.110. The number of thiophene rings is 1. The van der Waals surface area contributed by atoms with Gasteiger partial charge in [0.1, 0.15) is 5.00 Å². The third-order valence-electron chi connectivity index (χ3n) is 3.84. The third-order valence-corrected chi connectivity index (χ3v) is 4.89. The molecular weight excluding hydrogens is 336 g/mol. The SMILES string of the molecule is O=C1Nc2sc(C(=O)NCc3ccncc3)cc2/C1=C/c1ccc[nH]1. The summed E-state index contributed by atoms with van der Waals surface area (Å²) in [6.07, 6.45) is 6.96. The Labute approximate surface area is 147 Å². The number of amides is 2. The highest BCUT2D eigenvalue weighted by atomic mass is 32.1. The number of aromatic nitrogens is 2. The maximum absolute atomic E-state index is 12.4. The smallest absolute Gasteiger partial charge is 0.261 e. The van der Waals surface area contributed by atoms with Crippen molar-refractivity contribution in [2.24, 2.45) is 0 Å². The van der Waals surface area contributed by atoms with Crippen LogP contribution in [0.15, 0.2) is 48.9 Å². The number of H-pyrrole nitrogens is 1. The number of anilines is 1. The minimum atomic E-state index is -0.162. The van der Waals surface area contributed by atoms with E-state index < -0.39 is 0 Å². The van der Waals surface area contributed by atoms with Crippen LogP contribution >= 0.6 is 11.3 Å². The van der Waals surface area contributed by atoms with Crippen molar-refractivity contribution in [3.05, 3.63) is 70.6 Å². The van der Waals surface area contributed by atoms with Crippen LogP contribution in [0.5, 0.6) is 0 Å². The van der Waals surface area contributed by atoms with Crippen molar-refractivity contribution in [1.29, 1.82) is 0 Å². The summed E-state index contributed by atoms with van der Waals surface area (Å²) in [7, 11) is 0. The molecule has 0 aliphatic carbocycles. The highest BCUT2D eigenvalue weighted by Gasteiger charge is 2.28. The average Bonchev–Trinajstić information content (AvgIpc) is 3.33. The van der Waals surface area contributed by atoms with Gasteiger partial charge in [-0.05, 0) is 42.0 Å². The summed E-state index contributed by atoms with van der Waals surface area (Å²) >= 11 is 1.28. The average molecular weight is 350 g/mol. The topological polar surface area (TPSA) is 86.9 Å². The number of carbonyl (C=O) groups is 2. The summed E-state index contributed by atoms with van der Waals surface area (Å²) in [5, 5.41) is 6.40. The molecule has 4 rings (SSSR count). The molecule has 0 spiro atoms. The van der Waals surface area contributed by atoms with E-state index in [1.54, 1.807) is 30.7 Å². The van der Waals surface area contributed by atoms with Crippen LogP contribution in [0.4, 0.5) is 5.00 Å². The predicted octanol–water partition coefficient (Wildman–Crippen LogP) is 2.89. The van der Waals surface area contributed by atoms with Crippen molar-refractivity contribution in [3.63, 3.8) is 0 Å². The lowest BCUT2D eigenvalue weighted by atomic mass is 10.1. The standard InChI is InChI=1S/C18H14N4O2S/c23-16-13(8-12-2-1-5-20-12)14-9-15(25-18(14)22-16)17(24)21-10-11-3-6-19-7-4-11/h1-9,20H,10H2,(H,21,24)(H,22,23)/b13-8-. The Balaban J connectivity index is 1.53. The van der Waals surface area contributed by atoms with Crippen LogP contribution in [0.25, 0.3) is 11.6 Å². The lowest BCUT2D eigenvalue weighted by Gasteiger charge is -2.03. The number of rotatable bonds is 4. The zero-order valence-electron chi connectivity index (χ0n) is 13.1. The molecule has 0 radical (unpaired) electrons. The summed E-state index contributed by atoms with van der Waals surface area (Å²) in [5.41, 5.74) is 3.14. The second kappa shape index (κ2) is 6.37. The molecule has 0 bridgehead atoms. The van der Waals surface area contributed by atoms with Gasteiger partial charge in [0.15, 0.2) is 0 Å². The number of pyridine rings is 1. The van der Waals surface area contributed by atoms with E-state index in [4.69, 9.17) is 0 Å². The lowest BCUT2D eigenvalue weighted by Crippen LogP contribution is -2.21. The van der Waals surface area contributed by atoms with Gasteiger partial charge in [-0.15, -0.1) is 11.3 Å². The molecule has 0 unspecified atom stereocenters. The van der Waals surface area contributed by atoms with E-state index >= 15 is 0 Å². The van der Waals surface area contributed by atoms with Crippen molar-refractivity contribution >= 4 is 39.8 Å². The van der Waals surface area contributed by atoms with Crippen LogP contribution in [0, 0.1) is 0 Å². The first-order chi connectivity index (χ1) is 12.2. The fourth-order valence-corrected chi connectivity index (χ4v) is 3.58. The van der Waals surface area contributed by atoms with E-state index in [2.05, 4.69) is 20.6 Å². The van der Waals surface area contributed by atoms with Gasteiger partial charge in [-0.1, -0.05) is 0 Å². The number of nitrogens with zero attached hydrogens (tertiary/aromatic N) is 1. The van der Waals surface area contributed by atoms with Crippen LogP contribution < -0.4 is 10.6 Å². The molecule has 3 aromatic rings. The van der Waals surface area contributed by atoms with E-state index in [0.717, 1.165) is 16.8 Å². The number of hydrogen-bond acceptors (Lipinski definition) is 4. The Morgan fingerprint density at radius 2 is 2.12 bits per heavy atom. The van der Waals surface area contributed by atoms with Gasteiger partial charge in [0.2, 0.25) is 0 Å². The molecule has 0 saturated heterocycles. The highest BCUT2D eigenvalue weighted by Crippen LogP contribution is 2.39. The van der Waals surface area contributed by atoms with Crippen molar-refractivity contribution in [1.82, 2.24) is 15.3 Å². The predicted molar refractivity (Wildman–Crippen MR) is 97.0 cm³/mol. The van der Waals surface area contributed by atoms with E-state index in [1.165, 1.54) is 11.3 Å². The molecule has 124 valence electrons. The van der Waals surface area contributed by atoms with E-state index in [0.29, 0.717) is 22.0 Å². The van der Waals surface area contributed by atoms with Crippen molar-refractivity contribution < 1.29 is 9.59 Å². The zero-order chi connectivity index (χ0) is 17.2. The Morgan fingerprint density at radius 1 is 1.28 bits per heavy atom. The Bertz CT molecular complexity index is 958. The van der Waals surface area contributed by atoms with E-state index in [9.17, 15) is 9.59 Å². The highest BCUT2D eigenvalue weighted by molar-refractivity contribution is 7.18. The molecular formula is C18H14N4O2S. The van der Waals surface area contributed by atoms with Gasteiger partial charge >= 0.3 is 0 Å². The molecule has 25 heavy (non-hydrogen) atoms. The maximum atomic E-state index is 12.4.